The van der Waals surface area contributed by atoms with Crippen molar-refractivity contribution >= 4 is 47.7 Å². The molecule has 156 valence electrons. The molecule has 0 bridgehead atoms. The summed E-state index contributed by atoms with van der Waals surface area (Å²) in [7, 11) is 0. The number of rotatable bonds is 8. The number of fused-ring (bicyclic) bond motifs is 3. The Hall–Kier alpha value is -3.68. The third-order valence-corrected chi connectivity index (χ3v) is 4.65. The van der Waals surface area contributed by atoms with E-state index in [2.05, 4.69) is 0 Å². The van der Waals surface area contributed by atoms with E-state index in [4.69, 9.17) is 9.47 Å². The molecule has 0 amide bonds. The second-order valence-electron chi connectivity index (χ2n) is 6.77. The van der Waals surface area contributed by atoms with Crippen LogP contribution in [0, 0.1) is 0 Å². The number of carbonyl (C=O) groups is 4. The van der Waals surface area contributed by atoms with Gasteiger partial charge in [0.15, 0.2) is 0 Å². The Bertz CT molecular complexity index is 1150. The molecule has 0 aliphatic heterocycles. The molecular weight excluding hydrogens is 392 g/mol. The van der Waals surface area contributed by atoms with Crippen LogP contribution in [0.25, 0.3) is 23.8 Å². The van der Waals surface area contributed by atoms with Crippen molar-refractivity contribution in [3.8, 4) is 0 Å². The molecule has 0 unspecified atom stereocenters. The fourth-order valence-electron chi connectivity index (χ4n) is 3.36. The van der Waals surface area contributed by atoms with Gasteiger partial charge in [-0.25, -0.2) is 19.2 Å². The van der Waals surface area contributed by atoms with Crippen molar-refractivity contribution < 1.29 is 38.9 Å². The largest absolute Gasteiger partial charge is 0.478 e. The van der Waals surface area contributed by atoms with Gasteiger partial charge in [-0.3, -0.25) is 0 Å². The van der Waals surface area contributed by atoms with Gasteiger partial charge in [0, 0.05) is 0 Å². The summed E-state index contributed by atoms with van der Waals surface area (Å²) in [5.74, 6) is -4.10. The molecule has 0 spiro atoms. The average Bonchev–Trinajstić information content (AvgIpc) is 3.31. The highest BCUT2D eigenvalue weighted by molar-refractivity contribution is 6.28. The first kappa shape index (κ1) is 21.0. The molecule has 8 nitrogen and oxygen atoms in total. The topological polar surface area (TPSA) is 127 Å². The minimum absolute atomic E-state index is 0.0607. The molecule has 30 heavy (non-hydrogen) atoms. The van der Waals surface area contributed by atoms with E-state index >= 15 is 0 Å². The van der Waals surface area contributed by atoms with Gasteiger partial charge < -0.3 is 19.7 Å². The standard InChI is InChI=1S/C22H20O8/c1-3-5-29-21(27)11-7-12-13(8-11)16(22(28)30-6-4-2)10-15-14(12)9-17(19(23)24)18(15)20(25)26/h7-10H,3-6H2,1-2H3,(H,23,24)(H,25,26). The van der Waals surface area contributed by atoms with Gasteiger partial charge in [0.1, 0.15) is 0 Å². The summed E-state index contributed by atoms with van der Waals surface area (Å²) in [6, 6.07) is 1.31. The molecule has 0 fully saturated rings. The summed E-state index contributed by atoms with van der Waals surface area (Å²) in [4.78, 5) is 48.3. The van der Waals surface area contributed by atoms with Gasteiger partial charge in [-0.1, -0.05) is 13.8 Å². The molecule has 8 heteroatoms. The van der Waals surface area contributed by atoms with Crippen LogP contribution in [0.4, 0.5) is 0 Å². The zero-order valence-corrected chi connectivity index (χ0v) is 16.5. The minimum atomic E-state index is -1.43. The van der Waals surface area contributed by atoms with Crippen LogP contribution in [-0.2, 0) is 23.9 Å². The Kier molecular flexibility index (Phi) is 5.86. The molecule has 0 saturated heterocycles. The molecule has 1 aromatic carbocycles. The molecule has 0 radical (unpaired) electrons. The van der Waals surface area contributed by atoms with E-state index in [1.807, 2.05) is 13.8 Å². The van der Waals surface area contributed by atoms with Gasteiger partial charge in [-0.2, -0.15) is 0 Å². The molecule has 2 aliphatic rings. The van der Waals surface area contributed by atoms with Gasteiger partial charge in [0.2, 0.25) is 0 Å². The van der Waals surface area contributed by atoms with E-state index < -0.39 is 35.0 Å². The van der Waals surface area contributed by atoms with Crippen molar-refractivity contribution in [1.29, 1.82) is 0 Å². The van der Waals surface area contributed by atoms with Crippen LogP contribution in [0.2, 0.25) is 0 Å². The maximum absolute atomic E-state index is 12.6. The van der Waals surface area contributed by atoms with E-state index in [0.717, 1.165) is 0 Å². The summed E-state index contributed by atoms with van der Waals surface area (Å²) in [6.07, 6.45) is 5.42. The van der Waals surface area contributed by atoms with Crippen molar-refractivity contribution in [3.63, 3.8) is 0 Å². The fraction of sp³-hybridized carbons (Fsp3) is 0.273. The first-order valence-corrected chi connectivity index (χ1v) is 9.47. The zero-order valence-electron chi connectivity index (χ0n) is 16.5. The molecule has 0 saturated carbocycles. The third kappa shape index (κ3) is 3.63. The van der Waals surface area contributed by atoms with Crippen molar-refractivity contribution in [2.75, 3.05) is 13.2 Å². The van der Waals surface area contributed by atoms with Gasteiger partial charge in [-0.05, 0) is 58.7 Å². The highest BCUT2D eigenvalue weighted by Gasteiger charge is 2.30. The monoisotopic (exact) mass is 412 g/mol. The third-order valence-electron chi connectivity index (χ3n) is 4.65. The van der Waals surface area contributed by atoms with Crippen molar-refractivity contribution in [1.82, 2.24) is 0 Å². The summed E-state index contributed by atoms with van der Waals surface area (Å²) >= 11 is 0. The summed E-state index contributed by atoms with van der Waals surface area (Å²) in [5.41, 5.74) is 0.140. The van der Waals surface area contributed by atoms with Gasteiger partial charge >= 0.3 is 23.9 Å². The van der Waals surface area contributed by atoms with E-state index in [-0.39, 0.29) is 29.6 Å². The highest BCUT2D eigenvalue weighted by Crippen LogP contribution is 2.26. The second kappa shape index (κ2) is 8.36. The van der Waals surface area contributed by atoms with Crippen LogP contribution >= 0.6 is 0 Å². The molecule has 0 heterocycles. The number of carboxylic acid groups (broad SMARTS) is 2. The lowest BCUT2D eigenvalue weighted by Gasteiger charge is -2.07. The van der Waals surface area contributed by atoms with Gasteiger partial charge in [-0.15, -0.1) is 0 Å². The maximum atomic E-state index is 12.6. The predicted molar refractivity (Wildman–Crippen MR) is 107 cm³/mol. The Morgan fingerprint density at radius 3 is 2.03 bits per heavy atom. The lowest BCUT2D eigenvalue weighted by Crippen LogP contribution is -2.27. The zero-order chi connectivity index (χ0) is 22.0. The van der Waals surface area contributed by atoms with Crippen LogP contribution < -0.4 is 10.4 Å². The number of aliphatic carboxylic acids is 2. The first-order valence-electron chi connectivity index (χ1n) is 9.47. The fourth-order valence-corrected chi connectivity index (χ4v) is 3.36. The number of hydrogen-bond donors (Lipinski definition) is 2. The van der Waals surface area contributed by atoms with Crippen molar-refractivity contribution in [2.24, 2.45) is 0 Å². The quantitative estimate of drug-likeness (QED) is 0.608. The Balaban J connectivity index is 2.27. The summed E-state index contributed by atoms with van der Waals surface area (Å²) < 4.78 is 10.4. The van der Waals surface area contributed by atoms with Crippen LogP contribution in [-0.4, -0.2) is 47.3 Å². The smallest absolute Gasteiger partial charge is 0.338 e. The highest BCUT2D eigenvalue weighted by atomic mass is 16.5. The normalized spacial score (nSPS) is 13.6. The Morgan fingerprint density at radius 2 is 1.47 bits per heavy atom. The van der Waals surface area contributed by atoms with Gasteiger partial charge in [0.25, 0.3) is 0 Å². The minimum Gasteiger partial charge on any atom is -0.478 e. The molecule has 2 aliphatic carbocycles. The molecule has 1 aromatic rings. The van der Waals surface area contributed by atoms with Crippen LogP contribution in [0.5, 0.6) is 0 Å². The predicted octanol–water partition coefficient (Wildman–Crippen LogP) is 1.10. The number of benzene rings is 1. The van der Waals surface area contributed by atoms with Crippen LogP contribution in [0.15, 0.2) is 17.2 Å². The average molecular weight is 412 g/mol. The Morgan fingerprint density at radius 1 is 0.833 bits per heavy atom. The number of carbonyl (C=O) groups excluding carboxylic acids is 2. The van der Waals surface area contributed by atoms with Crippen molar-refractivity contribution in [2.45, 2.75) is 26.7 Å². The number of hydrogen-bond acceptors (Lipinski definition) is 6. The lowest BCUT2D eigenvalue weighted by atomic mass is 10.00. The lowest BCUT2D eigenvalue weighted by molar-refractivity contribution is -0.138. The number of carboxylic acids is 2. The first-order chi connectivity index (χ1) is 14.3. The maximum Gasteiger partial charge on any atom is 0.338 e. The molecule has 0 aromatic heterocycles. The van der Waals surface area contributed by atoms with Gasteiger partial charge in [0.05, 0.1) is 35.5 Å². The SMILES string of the molecule is CCCOC(=O)C1=Cc2c3c(cc(C(=O)OCCC)c2=C1)=C(C(=O)O)C(C(=O)O)=C3. The Labute approximate surface area is 171 Å². The second-order valence-corrected chi connectivity index (χ2v) is 6.77. The number of ether oxygens (including phenoxy) is 2. The molecule has 2 N–H and O–H groups in total. The van der Waals surface area contributed by atoms with E-state index in [1.165, 1.54) is 24.3 Å². The number of esters is 2. The van der Waals surface area contributed by atoms with E-state index in [0.29, 0.717) is 29.2 Å². The molecular formula is C22H20O8. The molecule has 0 atom stereocenters. The van der Waals surface area contributed by atoms with Crippen LogP contribution in [0.3, 0.4) is 0 Å². The van der Waals surface area contributed by atoms with E-state index in [9.17, 15) is 29.4 Å². The van der Waals surface area contributed by atoms with Crippen LogP contribution in [0.1, 0.15) is 48.2 Å². The van der Waals surface area contributed by atoms with E-state index in [1.54, 1.807) is 0 Å². The summed E-state index contributed by atoms with van der Waals surface area (Å²) in [6.45, 7) is 4.07. The molecule has 3 rings (SSSR count). The summed E-state index contributed by atoms with van der Waals surface area (Å²) in [5, 5.41) is 19.5. The van der Waals surface area contributed by atoms with Crippen molar-refractivity contribution in [3.05, 3.63) is 44.3 Å².